The number of hydrogen-bond acceptors (Lipinski definition) is 2. The van der Waals surface area contributed by atoms with Crippen molar-refractivity contribution in [1.82, 2.24) is 5.32 Å². The normalized spacial score (nSPS) is 13.8. The van der Waals surface area contributed by atoms with Crippen molar-refractivity contribution in [3.8, 4) is 23.0 Å². The number of carbonyl (C=O) groups excluding carboxylic acids is 1. The summed E-state index contributed by atoms with van der Waals surface area (Å²) in [7, 11) is 0. The van der Waals surface area contributed by atoms with E-state index in [4.69, 9.17) is 4.74 Å². The molecule has 0 saturated carbocycles. The summed E-state index contributed by atoms with van der Waals surface area (Å²) in [5.41, 5.74) is 5.82. The molecule has 0 atom stereocenters. The second kappa shape index (κ2) is 7.12. The van der Waals surface area contributed by atoms with Gasteiger partial charge in [-0.1, -0.05) is 56.0 Å². The Balaban J connectivity index is 1.66. The third kappa shape index (κ3) is 4.17. The van der Waals surface area contributed by atoms with Gasteiger partial charge in [0.2, 0.25) is 0 Å². The number of hydrogen-bond donors (Lipinski definition) is 1. The Morgan fingerprint density at radius 1 is 1.07 bits per heavy atom. The SMILES string of the molecule is CC(C)(C)OC(=O)NCCC#Cc1ccc2c(c1)C(C)(C)c1ccccc1-2. The highest BCUT2D eigenvalue weighted by Crippen LogP contribution is 2.48. The van der Waals surface area contributed by atoms with Crippen LogP contribution in [0.2, 0.25) is 0 Å². The summed E-state index contributed by atoms with van der Waals surface area (Å²) >= 11 is 0. The lowest BCUT2D eigenvalue weighted by Crippen LogP contribution is -2.32. The van der Waals surface area contributed by atoms with Gasteiger partial charge in [-0.25, -0.2) is 4.79 Å². The first-order valence-electron chi connectivity index (χ1n) is 9.38. The number of ether oxygens (including phenoxy) is 1. The first-order valence-corrected chi connectivity index (χ1v) is 9.38. The molecular weight excluding hydrogens is 334 g/mol. The molecule has 27 heavy (non-hydrogen) atoms. The minimum atomic E-state index is -0.482. The number of carbonyl (C=O) groups is 1. The van der Waals surface area contributed by atoms with Crippen LogP contribution < -0.4 is 5.32 Å². The summed E-state index contributed by atoms with van der Waals surface area (Å²) in [5.74, 6) is 6.36. The van der Waals surface area contributed by atoms with Gasteiger partial charge in [0.1, 0.15) is 5.60 Å². The van der Waals surface area contributed by atoms with Gasteiger partial charge in [0.05, 0.1) is 0 Å². The van der Waals surface area contributed by atoms with E-state index in [1.54, 1.807) is 0 Å². The maximum absolute atomic E-state index is 11.6. The molecule has 140 valence electrons. The third-order valence-electron chi connectivity index (χ3n) is 4.73. The van der Waals surface area contributed by atoms with E-state index in [1.165, 1.54) is 22.3 Å². The molecule has 0 heterocycles. The van der Waals surface area contributed by atoms with Gasteiger partial charge < -0.3 is 10.1 Å². The Hall–Kier alpha value is -2.73. The lowest BCUT2D eigenvalue weighted by molar-refractivity contribution is 0.0529. The Kier molecular flexibility index (Phi) is 5.02. The Morgan fingerprint density at radius 2 is 1.78 bits per heavy atom. The molecule has 1 aliphatic rings. The topological polar surface area (TPSA) is 38.3 Å². The van der Waals surface area contributed by atoms with Crippen LogP contribution in [-0.2, 0) is 10.2 Å². The van der Waals surface area contributed by atoms with Crippen LogP contribution in [0.25, 0.3) is 11.1 Å². The van der Waals surface area contributed by atoms with E-state index in [0.717, 1.165) is 5.56 Å². The van der Waals surface area contributed by atoms with Crippen molar-refractivity contribution in [3.05, 3.63) is 59.2 Å². The van der Waals surface area contributed by atoms with Gasteiger partial charge in [0.25, 0.3) is 0 Å². The predicted molar refractivity (Wildman–Crippen MR) is 110 cm³/mol. The predicted octanol–water partition coefficient (Wildman–Crippen LogP) is 5.26. The van der Waals surface area contributed by atoms with Crippen LogP contribution in [0.1, 0.15) is 57.7 Å². The number of amides is 1. The highest BCUT2D eigenvalue weighted by molar-refractivity contribution is 5.81. The van der Waals surface area contributed by atoms with Crippen LogP contribution in [0.3, 0.4) is 0 Å². The number of benzene rings is 2. The summed E-state index contributed by atoms with van der Waals surface area (Å²) in [6, 6.07) is 15.0. The molecule has 0 bridgehead atoms. The van der Waals surface area contributed by atoms with Gasteiger partial charge in [-0.15, -0.1) is 0 Å². The molecular formula is C24H27NO2. The van der Waals surface area contributed by atoms with Crippen LogP contribution in [0.4, 0.5) is 4.79 Å². The Bertz CT molecular complexity index is 923. The highest BCUT2D eigenvalue weighted by Gasteiger charge is 2.34. The first kappa shape index (κ1) is 19.0. The fraction of sp³-hybridized carbons (Fsp3) is 0.375. The molecule has 1 amide bonds. The fourth-order valence-corrected chi connectivity index (χ4v) is 3.49. The molecule has 0 aromatic heterocycles. The van der Waals surface area contributed by atoms with Crippen LogP contribution in [0.5, 0.6) is 0 Å². The monoisotopic (exact) mass is 361 g/mol. The van der Waals surface area contributed by atoms with E-state index in [2.05, 4.69) is 73.5 Å². The van der Waals surface area contributed by atoms with Crippen molar-refractivity contribution in [2.75, 3.05) is 6.54 Å². The summed E-state index contributed by atoms with van der Waals surface area (Å²) < 4.78 is 5.21. The van der Waals surface area contributed by atoms with Crippen LogP contribution in [0.15, 0.2) is 42.5 Å². The van der Waals surface area contributed by atoms with Crippen molar-refractivity contribution in [3.63, 3.8) is 0 Å². The molecule has 3 nitrogen and oxygen atoms in total. The number of fused-ring (bicyclic) bond motifs is 3. The zero-order valence-corrected chi connectivity index (χ0v) is 16.8. The number of nitrogens with one attached hydrogen (secondary N) is 1. The van der Waals surface area contributed by atoms with Gasteiger partial charge in [0, 0.05) is 23.9 Å². The molecule has 0 unspecified atom stereocenters. The van der Waals surface area contributed by atoms with Gasteiger partial charge in [0.15, 0.2) is 0 Å². The van der Waals surface area contributed by atoms with E-state index >= 15 is 0 Å². The zero-order chi connectivity index (χ0) is 19.7. The van der Waals surface area contributed by atoms with Gasteiger partial charge in [-0.2, -0.15) is 0 Å². The largest absolute Gasteiger partial charge is 0.444 e. The summed E-state index contributed by atoms with van der Waals surface area (Å²) in [5, 5.41) is 2.73. The molecule has 3 heteroatoms. The quantitative estimate of drug-likeness (QED) is 0.585. The van der Waals surface area contributed by atoms with Crippen molar-refractivity contribution in [2.45, 2.75) is 52.1 Å². The van der Waals surface area contributed by atoms with Crippen LogP contribution in [0, 0.1) is 11.8 Å². The molecule has 2 aromatic rings. The zero-order valence-electron chi connectivity index (χ0n) is 16.8. The molecule has 1 aliphatic carbocycles. The van der Waals surface area contributed by atoms with Crippen molar-refractivity contribution < 1.29 is 9.53 Å². The lowest BCUT2D eigenvalue weighted by atomic mass is 9.82. The number of rotatable bonds is 2. The molecule has 2 aromatic carbocycles. The van der Waals surface area contributed by atoms with Crippen molar-refractivity contribution >= 4 is 6.09 Å². The second-order valence-electron chi connectivity index (χ2n) is 8.41. The van der Waals surface area contributed by atoms with E-state index in [1.807, 2.05) is 20.8 Å². The van der Waals surface area contributed by atoms with Crippen molar-refractivity contribution in [1.29, 1.82) is 0 Å². The molecule has 0 radical (unpaired) electrons. The summed E-state index contributed by atoms with van der Waals surface area (Å²) in [6.45, 7) is 10.5. The maximum atomic E-state index is 11.6. The Morgan fingerprint density at radius 3 is 2.52 bits per heavy atom. The third-order valence-corrected chi connectivity index (χ3v) is 4.73. The average Bonchev–Trinajstić information content (AvgIpc) is 2.81. The minimum Gasteiger partial charge on any atom is -0.444 e. The average molecular weight is 361 g/mol. The van der Waals surface area contributed by atoms with Crippen LogP contribution >= 0.6 is 0 Å². The smallest absolute Gasteiger partial charge is 0.407 e. The molecule has 0 fully saturated rings. The molecule has 0 spiro atoms. The van der Waals surface area contributed by atoms with E-state index in [0.29, 0.717) is 13.0 Å². The molecule has 3 rings (SSSR count). The van der Waals surface area contributed by atoms with Crippen LogP contribution in [-0.4, -0.2) is 18.2 Å². The highest BCUT2D eigenvalue weighted by atomic mass is 16.6. The van der Waals surface area contributed by atoms with E-state index in [9.17, 15) is 4.79 Å². The standard InChI is InChI=1S/C24H27NO2/c1-23(2,3)27-22(26)25-15-9-8-10-17-13-14-19-18-11-6-7-12-20(18)24(4,5)21(19)16-17/h6-7,11-14,16H,9,15H2,1-5H3,(H,25,26). The first-order chi connectivity index (χ1) is 12.7. The van der Waals surface area contributed by atoms with Gasteiger partial charge in [-0.3, -0.25) is 0 Å². The maximum Gasteiger partial charge on any atom is 0.407 e. The molecule has 1 N–H and O–H groups in total. The molecule has 0 saturated heterocycles. The van der Waals surface area contributed by atoms with E-state index in [-0.39, 0.29) is 5.41 Å². The number of alkyl carbamates (subject to hydrolysis) is 1. The molecule has 0 aliphatic heterocycles. The summed E-state index contributed by atoms with van der Waals surface area (Å²) in [4.78, 5) is 11.6. The fourth-order valence-electron chi connectivity index (χ4n) is 3.49. The minimum absolute atomic E-state index is 0.0120. The summed E-state index contributed by atoms with van der Waals surface area (Å²) in [6.07, 6.45) is 0.182. The van der Waals surface area contributed by atoms with Gasteiger partial charge >= 0.3 is 6.09 Å². The van der Waals surface area contributed by atoms with Gasteiger partial charge in [-0.05, 0) is 55.2 Å². The lowest BCUT2D eigenvalue weighted by Gasteiger charge is -2.21. The van der Waals surface area contributed by atoms with Crippen molar-refractivity contribution in [2.24, 2.45) is 0 Å². The van der Waals surface area contributed by atoms with E-state index < -0.39 is 11.7 Å². The Labute approximate surface area is 162 Å². The second-order valence-corrected chi connectivity index (χ2v) is 8.41.